The molecule has 1 aromatic rings. The smallest absolute Gasteiger partial charge is 0.292 e. The number of rotatable bonds is 4. The Labute approximate surface area is 111 Å². The van der Waals surface area contributed by atoms with Crippen LogP contribution in [0, 0.1) is 10.1 Å². The zero-order valence-electron chi connectivity index (χ0n) is 11.1. The first-order chi connectivity index (χ1) is 9.00. The fourth-order valence-electron chi connectivity index (χ4n) is 2.27. The van der Waals surface area contributed by atoms with Crippen molar-refractivity contribution in [2.24, 2.45) is 0 Å². The Balaban J connectivity index is 2.35. The molecule has 0 radical (unpaired) electrons. The second-order valence-corrected chi connectivity index (χ2v) is 4.81. The number of hydrogen-bond acceptors (Lipinski definition) is 5. The maximum Gasteiger partial charge on any atom is 0.292 e. The van der Waals surface area contributed by atoms with Gasteiger partial charge in [-0.3, -0.25) is 10.1 Å². The Kier molecular flexibility index (Phi) is 4.01. The van der Waals surface area contributed by atoms with Crippen LogP contribution in [0.25, 0.3) is 0 Å². The van der Waals surface area contributed by atoms with E-state index < -0.39 is 11.0 Å². The summed E-state index contributed by atoms with van der Waals surface area (Å²) in [5, 5.41) is 20.7. The van der Waals surface area contributed by atoms with Crippen molar-refractivity contribution in [2.75, 3.05) is 25.2 Å². The Bertz CT molecular complexity index is 470. The van der Waals surface area contributed by atoms with E-state index >= 15 is 0 Å². The minimum Gasteiger partial charge on any atom is -0.389 e. The highest BCUT2D eigenvalue weighted by Gasteiger charge is 2.26. The molecular formula is C13H18N2O4. The van der Waals surface area contributed by atoms with Gasteiger partial charge < -0.3 is 14.7 Å². The molecule has 104 valence electrons. The molecule has 1 unspecified atom stereocenters. The summed E-state index contributed by atoms with van der Waals surface area (Å²) in [6, 6.07) is 5.01. The monoisotopic (exact) mass is 266 g/mol. The van der Waals surface area contributed by atoms with Crippen molar-refractivity contribution in [1.29, 1.82) is 0 Å². The van der Waals surface area contributed by atoms with Gasteiger partial charge in [0.2, 0.25) is 0 Å². The molecule has 1 aliphatic rings. The van der Waals surface area contributed by atoms with E-state index in [0.717, 1.165) is 6.42 Å². The average Bonchev–Trinajstić information content (AvgIpc) is 2.90. The van der Waals surface area contributed by atoms with Crippen LogP contribution in [0.5, 0.6) is 0 Å². The molecule has 1 aliphatic heterocycles. The van der Waals surface area contributed by atoms with Gasteiger partial charge >= 0.3 is 0 Å². The molecule has 0 spiro atoms. The second kappa shape index (κ2) is 5.54. The predicted octanol–water partition coefficient (Wildman–Crippen LogP) is 1.87. The normalized spacial score (nSPS) is 20.3. The number of aliphatic hydroxyl groups excluding tert-OH is 1. The van der Waals surface area contributed by atoms with E-state index in [1.165, 1.54) is 6.07 Å². The summed E-state index contributed by atoms with van der Waals surface area (Å²) in [7, 11) is 1.84. The van der Waals surface area contributed by atoms with Crippen LogP contribution in [0.3, 0.4) is 0 Å². The number of hydrogen-bond donors (Lipinski definition) is 1. The lowest BCUT2D eigenvalue weighted by Gasteiger charge is -2.25. The van der Waals surface area contributed by atoms with Crippen LogP contribution in [-0.4, -0.2) is 36.3 Å². The van der Waals surface area contributed by atoms with E-state index in [0.29, 0.717) is 24.5 Å². The van der Waals surface area contributed by atoms with E-state index in [1.54, 1.807) is 19.1 Å². The third-order valence-corrected chi connectivity index (χ3v) is 3.51. The zero-order chi connectivity index (χ0) is 14.0. The van der Waals surface area contributed by atoms with Gasteiger partial charge in [-0.2, -0.15) is 0 Å². The van der Waals surface area contributed by atoms with E-state index in [2.05, 4.69) is 0 Å². The number of nitro benzene ring substituents is 1. The summed E-state index contributed by atoms with van der Waals surface area (Å²) >= 11 is 0. The van der Waals surface area contributed by atoms with Crippen LogP contribution in [0.4, 0.5) is 11.4 Å². The number of anilines is 1. The number of nitrogens with zero attached hydrogens (tertiary/aromatic N) is 2. The van der Waals surface area contributed by atoms with E-state index in [-0.39, 0.29) is 11.7 Å². The van der Waals surface area contributed by atoms with Crippen molar-refractivity contribution in [2.45, 2.75) is 25.5 Å². The first kappa shape index (κ1) is 13.8. The van der Waals surface area contributed by atoms with E-state index in [4.69, 9.17) is 4.74 Å². The van der Waals surface area contributed by atoms with Crippen LogP contribution in [0.1, 0.15) is 25.0 Å². The van der Waals surface area contributed by atoms with Gasteiger partial charge in [0.1, 0.15) is 5.69 Å². The molecule has 1 fully saturated rings. The van der Waals surface area contributed by atoms with Crippen LogP contribution in [-0.2, 0) is 4.74 Å². The Morgan fingerprint density at radius 2 is 2.32 bits per heavy atom. The summed E-state index contributed by atoms with van der Waals surface area (Å²) in [4.78, 5) is 12.7. The van der Waals surface area contributed by atoms with Crippen LogP contribution < -0.4 is 4.90 Å². The van der Waals surface area contributed by atoms with Crippen LogP contribution in [0.2, 0.25) is 0 Å². The minimum absolute atomic E-state index is 0.0211. The first-order valence-electron chi connectivity index (χ1n) is 6.27. The molecule has 0 aromatic heterocycles. The molecule has 1 aromatic carbocycles. The van der Waals surface area contributed by atoms with Crippen LogP contribution in [0.15, 0.2) is 18.2 Å². The zero-order valence-corrected chi connectivity index (χ0v) is 11.1. The fraction of sp³-hybridized carbons (Fsp3) is 0.538. The second-order valence-electron chi connectivity index (χ2n) is 4.81. The third-order valence-electron chi connectivity index (χ3n) is 3.51. The lowest BCUT2D eigenvalue weighted by molar-refractivity contribution is -0.384. The van der Waals surface area contributed by atoms with Crippen molar-refractivity contribution < 1.29 is 14.8 Å². The molecule has 2 rings (SSSR count). The lowest BCUT2D eigenvalue weighted by Crippen LogP contribution is -2.32. The maximum atomic E-state index is 11.2. The van der Waals surface area contributed by atoms with Gasteiger partial charge in [-0.1, -0.05) is 6.07 Å². The van der Waals surface area contributed by atoms with Gasteiger partial charge in [0.15, 0.2) is 0 Å². The molecule has 0 amide bonds. The summed E-state index contributed by atoms with van der Waals surface area (Å²) in [6.07, 6.45) is 0.152. The minimum atomic E-state index is -0.715. The molecule has 1 N–H and O–H groups in total. The van der Waals surface area contributed by atoms with Crippen molar-refractivity contribution >= 4 is 11.4 Å². The largest absolute Gasteiger partial charge is 0.389 e. The van der Waals surface area contributed by atoms with Gasteiger partial charge in [-0.25, -0.2) is 0 Å². The van der Waals surface area contributed by atoms with Gasteiger partial charge in [0.05, 0.1) is 23.7 Å². The molecule has 0 saturated carbocycles. The molecule has 1 heterocycles. The number of nitro groups is 1. The summed E-state index contributed by atoms with van der Waals surface area (Å²) in [5.74, 6) is 0. The van der Waals surface area contributed by atoms with E-state index in [1.807, 2.05) is 11.9 Å². The van der Waals surface area contributed by atoms with Crippen LogP contribution >= 0.6 is 0 Å². The first-order valence-corrected chi connectivity index (χ1v) is 6.27. The Morgan fingerprint density at radius 3 is 2.84 bits per heavy atom. The highest BCUT2D eigenvalue weighted by Crippen LogP contribution is 2.32. The molecular weight excluding hydrogens is 248 g/mol. The van der Waals surface area contributed by atoms with Gasteiger partial charge in [-0.05, 0) is 25.0 Å². The average molecular weight is 266 g/mol. The summed E-state index contributed by atoms with van der Waals surface area (Å²) in [6.45, 7) is 2.87. The van der Waals surface area contributed by atoms with Gasteiger partial charge in [-0.15, -0.1) is 0 Å². The van der Waals surface area contributed by atoms with Crippen molar-refractivity contribution in [1.82, 2.24) is 0 Å². The number of likely N-dealkylation sites (N-methyl/N-ethyl adjacent to an activating group) is 1. The van der Waals surface area contributed by atoms with Crippen molar-refractivity contribution in [3.8, 4) is 0 Å². The Morgan fingerprint density at radius 1 is 1.58 bits per heavy atom. The fourth-order valence-corrected chi connectivity index (χ4v) is 2.27. The predicted molar refractivity (Wildman–Crippen MR) is 71.4 cm³/mol. The quantitative estimate of drug-likeness (QED) is 0.665. The van der Waals surface area contributed by atoms with E-state index in [9.17, 15) is 15.2 Å². The van der Waals surface area contributed by atoms with Gasteiger partial charge in [0.25, 0.3) is 5.69 Å². The molecule has 6 heteroatoms. The molecule has 0 bridgehead atoms. The summed E-state index contributed by atoms with van der Waals surface area (Å²) < 4.78 is 5.31. The number of benzene rings is 1. The van der Waals surface area contributed by atoms with Crippen molar-refractivity contribution in [3.63, 3.8) is 0 Å². The van der Waals surface area contributed by atoms with Crippen molar-refractivity contribution in [3.05, 3.63) is 33.9 Å². The molecule has 0 aliphatic carbocycles. The highest BCUT2D eigenvalue weighted by molar-refractivity contribution is 5.64. The molecule has 1 saturated heterocycles. The molecule has 2 atom stereocenters. The standard InChI is InChI=1S/C13H18N2O4/c1-9(16)10-3-4-12(13(7-10)15(17)18)14(2)11-5-6-19-8-11/h3-4,7,9,11,16H,5-6,8H2,1-2H3/t9-,11?/m1/s1. The SMILES string of the molecule is C[C@@H](O)c1ccc(N(C)C2CCOC2)c([N+](=O)[O-])c1. The topological polar surface area (TPSA) is 75.8 Å². The number of ether oxygens (including phenoxy) is 1. The Hall–Kier alpha value is -1.66. The van der Waals surface area contributed by atoms with Gasteiger partial charge in [0, 0.05) is 19.7 Å². The highest BCUT2D eigenvalue weighted by atomic mass is 16.6. The maximum absolute atomic E-state index is 11.2. The molecule has 19 heavy (non-hydrogen) atoms. The third kappa shape index (κ3) is 2.85. The molecule has 6 nitrogen and oxygen atoms in total. The summed E-state index contributed by atoms with van der Waals surface area (Å²) in [5.41, 5.74) is 1.13. The lowest BCUT2D eigenvalue weighted by atomic mass is 10.1. The number of aliphatic hydroxyl groups is 1.